The van der Waals surface area contributed by atoms with Crippen molar-refractivity contribution in [1.29, 1.82) is 0 Å². The SMILES string of the molecule is CCN(Cc1nc(C(C)C)no1)C(=O)c1nn(C)c(C)c1Cl. The van der Waals surface area contributed by atoms with Crippen LogP contribution in [-0.4, -0.2) is 37.3 Å². The zero-order valence-corrected chi connectivity index (χ0v) is 14.2. The minimum atomic E-state index is -0.250. The molecule has 0 saturated heterocycles. The highest BCUT2D eigenvalue weighted by Crippen LogP contribution is 2.21. The van der Waals surface area contributed by atoms with Crippen LogP contribution in [0.15, 0.2) is 4.52 Å². The summed E-state index contributed by atoms with van der Waals surface area (Å²) in [5, 5.41) is 8.46. The maximum absolute atomic E-state index is 12.6. The summed E-state index contributed by atoms with van der Waals surface area (Å²) in [6, 6.07) is 0. The Kier molecular flexibility index (Phi) is 4.85. The molecule has 0 bridgehead atoms. The fraction of sp³-hybridized carbons (Fsp3) is 0.571. The fourth-order valence-corrected chi connectivity index (χ4v) is 2.17. The second kappa shape index (κ2) is 6.48. The predicted octanol–water partition coefficient (Wildman–Crippen LogP) is 2.55. The van der Waals surface area contributed by atoms with Gasteiger partial charge in [-0.25, -0.2) is 0 Å². The Morgan fingerprint density at radius 1 is 1.45 bits per heavy atom. The van der Waals surface area contributed by atoms with Gasteiger partial charge in [0, 0.05) is 19.5 Å². The summed E-state index contributed by atoms with van der Waals surface area (Å²) < 4.78 is 6.78. The highest BCUT2D eigenvalue weighted by molar-refractivity contribution is 6.34. The minimum Gasteiger partial charge on any atom is -0.337 e. The van der Waals surface area contributed by atoms with E-state index in [0.717, 1.165) is 5.69 Å². The molecule has 8 heteroatoms. The van der Waals surface area contributed by atoms with Gasteiger partial charge in [0.25, 0.3) is 5.91 Å². The molecule has 0 saturated carbocycles. The summed E-state index contributed by atoms with van der Waals surface area (Å²) >= 11 is 6.18. The molecular weight excluding hydrogens is 306 g/mol. The molecular formula is C14H20ClN5O2. The first-order valence-corrected chi connectivity index (χ1v) is 7.53. The van der Waals surface area contributed by atoms with Crippen molar-refractivity contribution >= 4 is 17.5 Å². The van der Waals surface area contributed by atoms with Gasteiger partial charge in [-0.05, 0) is 13.8 Å². The van der Waals surface area contributed by atoms with E-state index in [1.165, 1.54) is 0 Å². The number of amides is 1. The van der Waals surface area contributed by atoms with Gasteiger partial charge in [-0.15, -0.1) is 0 Å². The number of carbonyl (C=O) groups excluding carboxylic acids is 1. The van der Waals surface area contributed by atoms with Gasteiger partial charge in [0.15, 0.2) is 11.5 Å². The number of halogens is 1. The number of aromatic nitrogens is 4. The maximum atomic E-state index is 12.6. The van der Waals surface area contributed by atoms with Crippen LogP contribution in [0.5, 0.6) is 0 Å². The Bertz CT molecular complexity index is 677. The van der Waals surface area contributed by atoms with Crippen LogP contribution in [0.25, 0.3) is 0 Å². The quantitative estimate of drug-likeness (QED) is 0.844. The summed E-state index contributed by atoms with van der Waals surface area (Å²) in [6.45, 7) is 8.38. The molecule has 2 rings (SSSR count). The monoisotopic (exact) mass is 325 g/mol. The van der Waals surface area contributed by atoms with Gasteiger partial charge in [-0.3, -0.25) is 9.48 Å². The fourth-order valence-electron chi connectivity index (χ4n) is 1.93. The maximum Gasteiger partial charge on any atom is 0.276 e. The highest BCUT2D eigenvalue weighted by Gasteiger charge is 2.24. The molecule has 0 radical (unpaired) electrons. The van der Waals surface area contributed by atoms with Crippen LogP contribution in [0, 0.1) is 6.92 Å². The number of rotatable bonds is 5. The van der Waals surface area contributed by atoms with Crippen molar-refractivity contribution in [2.75, 3.05) is 6.54 Å². The largest absolute Gasteiger partial charge is 0.337 e. The zero-order chi connectivity index (χ0) is 16.4. The lowest BCUT2D eigenvalue weighted by molar-refractivity contribution is 0.0728. The third-order valence-electron chi connectivity index (χ3n) is 3.46. The molecule has 0 unspecified atom stereocenters. The van der Waals surface area contributed by atoms with Crippen molar-refractivity contribution < 1.29 is 9.32 Å². The Morgan fingerprint density at radius 2 is 2.14 bits per heavy atom. The van der Waals surface area contributed by atoms with Crippen LogP contribution in [0.2, 0.25) is 5.02 Å². The topological polar surface area (TPSA) is 77.1 Å². The van der Waals surface area contributed by atoms with Gasteiger partial charge >= 0.3 is 0 Å². The smallest absolute Gasteiger partial charge is 0.276 e. The Balaban J connectivity index is 2.19. The molecule has 0 aliphatic heterocycles. The molecule has 0 fully saturated rings. The van der Waals surface area contributed by atoms with E-state index in [1.54, 1.807) is 16.6 Å². The lowest BCUT2D eigenvalue weighted by Crippen LogP contribution is -2.31. The molecule has 2 aromatic heterocycles. The van der Waals surface area contributed by atoms with Gasteiger partial charge in [0.1, 0.15) is 6.54 Å². The molecule has 0 atom stereocenters. The van der Waals surface area contributed by atoms with Gasteiger partial charge < -0.3 is 9.42 Å². The summed E-state index contributed by atoms with van der Waals surface area (Å²) in [6.07, 6.45) is 0. The van der Waals surface area contributed by atoms with E-state index in [9.17, 15) is 4.79 Å². The molecule has 1 amide bonds. The van der Waals surface area contributed by atoms with Crippen molar-refractivity contribution in [3.8, 4) is 0 Å². The first-order chi connectivity index (χ1) is 10.3. The summed E-state index contributed by atoms with van der Waals surface area (Å²) in [4.78, 5) is 18.4. The van der Waals surface area contributed by atoms with E-state index in [0.29, 0.717) is 23.3 Å². The van der Waals surface area contributed by atoms with Gasteiger partial charge in [0.05, 0.1) is 10.7 Å². The summed E-state index contributed by atoms with van der Waals surface area (Å²) in [5.41, 5.74) is 0.994. The van der Waals surface area contributed by atoms with Crippen LogP contribution in [0.3, 0.4) is 0 Å². The van der Waals surface area contributed by atoms with Gasteiger partial charge in [-0.2, -0.15) is 10.1 Å². The second-order valence-corrected chi connectivity index (χ2v) is 5.77. The number of hydrogen-bond donors (Lipinski definition) is 0. The van der Waals surface area contributed by atoms with Crippen molar-refractivity contribution in [2.24, 2.45) is 7.05 Å². The van der Waals surface area contributed by atoms with Crippen LogP contribution >= 0.6 is 11.6 Å². The van der Waals surface area contributed by atoms with Crippen LogP contribution in [-0.2, 0) is 13.6 Å². The Hall–Kier alpha value is -1.89. The van der Waals surface area contributed by atoms with E-state index >= 15 is 0 Å². The van der Waals surface area contributed by atoms with E-state index in [2.05, 4.69) is 15.2 Å². The number of hydrogen-bond acceptors (Lipinski definition) is 5. The predicted molar refractivity (Wildman–Crippen MR) is 81.8 cm³/mol. The molecule has 0 spiro atoms. The molecule has 0 aliphatic carbocycles. The number of nitrogens with zero attached hydrogens (tertiary/aromatic N) is 5. The van der Waals surface area contributed by atoms with E-state index in [1.807, 2.05) is 27.7 Å². The number of carbonyl (C=O) groups is 1. The van der Waals surface area contributed by atoms with E-state index in [4.69, 9.17) is 16.1 Å². The molecule has 2 aromatic rings. The molecule has 2 heterocycles. The average Bonchev–Trinajstić information content (AvgIpc) is 3.05. The molecule has 0 aliphatic rings. The van der Waals surface area contributed by atoms with E-state index < -0.39 is 0 Å². The highest BCUT2D eigenvalue weighted by atomic mass is 35.5. The van der Waals surface area contributed by atoms with Crippen molar-refractivity contribution in [2.45, 2.75) is 40.2 Å². The number of aryl methyl sites for hydroxylation is 1. The Labute approximate surface area is 134 Å². The van der Waals surface area contributed by atoms with Gasteiger partial charge in [0.2, 0.25) is 5.89 Å². The second-order valence-electron chi connectivity index (χ2n) is 5.39. The molecule has 0 N–H and O–H groups in total. The van der Waals surface area contributed by atoms with Crippen molar-refractivity contribution in [1.82, 2.24) is 24.8 Å². The normalized spacial score (nSPS) is 11.2. The standard InChI is InChI=1S/C14H20ClN5O2/c1-6-20(7-10-16-13(8(2)3)18-22-10)14(21)12-11(15)9(4)19(5)17-12/h8H,6-7H2,1-5H3. The van der Waals surface area contributed by atoms with Crippen LogP contribution in [0.4, 0.5) is 0 Å². The first-order valence-electron chi connectivity index (χ1n) is 7.16. The minimum absolute atomic E-state index is 0.177. The van der Waals surface area contributed by atoms with Crippen LogP contribution < -0.4 is 0 Å². The molecule has 0 aromatic carbocycles. The molecule has 7 nitrogen and oxygen atoms in total. The molecule has 120 valence electrons. The molecule has 22 heavy (non-hydrogen) atoms. The van der Waals surface area contributed by atoms with Crippen molar-refractivity contribution in [3.63, 3.8) is 0 Å². The summed E-state index contributed by atoms with van der Waals surface area (Å²) in [5.74, 6) is 0.963. The van der Waals surface area contributed by atoms with E-state index in [-0.39, 0.29) is 24.1 Å². The van der Waals surface area contributed by atoms with Crippen LogP contribution in [0.1, 0.15) is 54.6 Å². The zero-order valence-electron chi connectivity index (χ0n) is 13.4. The lowest BCUT2D eigenvalue weighted by Gasteiger charge is -2.17. The van der Waals surface area contributed by atoms with Gasteiger partial charge in [-0.1, -0.05) is 30.6 Å². The lowest BCUT2D eigenvalue weighted by atomic mass is 10.2. The third kappa shape index (κ3) is 3.14. The summed E-state index contributed by atoms with van der Waals surface area (Å²) in [7, 11) is 1.75. The van der Waals surface area contributed by atoms with Crippen molar-refractivity contribution in [3.05, 3.63) is 28.1 Å². The third-order valence-corrected chi connectivity index (χ3v) is 3.91. The first kappa shape index (κ1) is 16.5. The Morgan fingerprint density at radius 3 is 2.59 bits per heavy atom. The average molecular weight is 326 g/mol.